The fraction of sp³-hybridized carbons (Fsp3) is 0.500. The zero-order valence-corrected chi connectivity index (χ0v) is 21.5. The van der Waals surface area contributed by atoms with Crippen molar-refractivity contribution in [1.82, 2.24) is 34.0 Å². The summed E-state index contributed by atoms with van der Waals surface area (Å²) in [5, 5.41) is 9.59. The fourth-order valence-electron chi connectivity index (χ4n) is 5.30. The Morgan fingerprint density at radius 2 is 1.86 bits per heavy atom. The van der Waals surface area contributed by atoms with Crippen LogP contribution >= 0.6 is 0 Å². The number of carbonyl (C=O) groups is 1. The molecule has 1 atom stereocenters. The number of aliphatic hydroxyl groups is 1. The normalized spacial score (nSPS) is 17.5. The summed E-state index contributed by atoms with van der Waals surface area (Å²) < 4.78 is 9.71. The van der Waals surface area contributed by atoms with Crippen LogP contribution in [0.4, 0.5) is 5.82 Å². The van der Waals surface area contributed by atoms with E-state index in [4.69, 9.17) is 24.7 Å². The zero-order valence-electron chi connectivity index (χ0n) is 21.5. The van der Waals surface area contributed by atoms with Gasteiger partial charge in [-0.3, -0.25) is 9.36 Å². The molecule has 0 aliphatic carbocycles. The summed E-state index contributed by atoms with van der Waals surface area (Å²) >= 11 is 0. The highest BCUT2D eigenvalue weighted by molar-refractivity contribution is 5.86. The Bertz CT molecular complexity index is 1460. The van der Waals surface area contributed by atoms with E-state index < -0.39 is 6.10 Å². The molecule has 1 unspecified atom stereocenters. The van der Waals surface area contributed by atoms with Crippen molar-refractivity contribution in [3.63, 3.8) is 0 Å². The molecule has 6 rings (SSSR count). The number of amides is 1. The summed E-state index contributed by atoms with van der Waals surface area (Å²) in [4.78, 5) is 35.9. The average molecular weight is 505 g/mol. The Kier molecular flexibility index (Phi) is 6.04. The van der Waals surface area contributed by atoms with Crippen LogP contribution in [-0.2, 0) is 29.4 Å². The lowest BCUT2D eigenvalue weighted by Gasteiger charge is -2.39. The second-order valence-electron chi connectivity index (χ2n) is 9.90. The molecule has 0 saturated carbocycles. The van der Waals surface area contributed by atoms with E-state index >= 15 is 0 Å². The molecule has 4 aromatic rings. The summed E-state index contributed by atoms with van der Waals surface area (Å²) in [6, 6.07) is 8.06. The van der Waals surface area contributed by atoms with Gasteiger partial charge in [0.1, 0.15) is 17.8 Å². The number of morpholine rings is 1. The smallest absolute Gasteiger partial charge is 0.251 e. The van der Waals surface area contributed by atoms with Gasteiger partial charge in [-0.25, -0.2) is 9.97 Å². The number of rotatable bonds is 6. The number of imidazole rings is 2. The third kappa shape index (κ3) is 4.11. The molecule has 0 spiro atoms. The Morgan fingerprint density at radius 1 is 1.11 bits per heavy atom. The van der Waals surface area contributed by atoms with Gasteiger partial charge >= 0.3 is 0 Å². The molecule has 1 amide bonds. The van der Waals surface area contributed by atoms with Crippen molar-refractivity contribution in [2.45, 2.75) is 32.8 Å². The molecule has 2 aliphatic rings. The predicted octanol–water partition coefficient (Wildman–Crippen LogP) is 1.48. The molecule has 194 valence electrons. The van der Waals surface area contributed by atoms with Gasteiger partial charge in [-0.05, 0) is 19.1 Å². The van der Waals surface area contributed by atoms with Gasteiger partial charge in [0, 0.05) is 52.0 Å². The summed E-state index contributed by atoms with van der Waals surface area (Å²) in [7, 11) is 1.99. The van der Waals surface area contributed by atoms with Crippen molar-refractivity contribution in [1.29, 1.82) is 0 Å². The molecule has 3 aromatic heterocycles. The van der Waals surface area contributed by atoms with Crippen LogP contribution in [-0.4, -0.2) is 90.5 Å². The molecule has 5 heterocycles. The van der Waals surface area contributed by atoms with Crippen LogP contribution in [0.2, 0.25) is 0 Å². The van der Waals surface area contributed by atoms with Crippen LogP contribution in [0.3, 0.4) is 0 Å². The number of carbonyl (C=O) groups excluding carboxylic acids is 1. The number of aromatic nitrogens is 6. The first-order chi connectivity index (χ1) is 17.9. The van der Waals surface area contributed by atoms with Gasteiger partial charge in [0.05, 0.1) is 24.2 Å². The van der Waals surface area contributed by atoms with E-state index in [-0.39, 0.29) is 5.91 Å². The summed E-state index contributed by atoms with van der Waals surface area (Å²) in [5.41, 5.74) is 3.45. The Balaban J connectivity index is 1.42. The topological polar surface area (TPSA) is 114 Å². The standard InChI is InChI=1S/C26H32N8O3/c1-4-20-27-18-7-5-6-8-19(18)34(20)26-29-23-22(24(30-26)32-9-11-37-12-10-32)28-21(31(23)3)13-17-14-33(15-17)25(36)16(2)35/h5-8,16-17,35H,4,9-15H2,1-3H3. The van der Waals surface area contributed by atoms with Crippen molar-refractivity contribution < 1.29 is 14.6 Å². The van der Waals surface area contributed by atoms with E-state index in [1.165, 1.54) is 6.92 Å². The largest absolute Gasteiger partial charge is 0.384 e. The number of anilines is 1. The van der Waals surface area contributed by atoms with E-state index in [0.29, 0.717) is 38.2 Å². The predicted molar refractivity (Wildman–Crippen MR) is 139 cm³/mol. The molecule has 2 fully saturated rings. The summed E-state index contributed by atoms with van der Waals surface area (Å²) in [6.07, 6.45) is 0.514. The van der Waals surface area contributed by atoms with E-state index in [9.17, 15) is 9.90 Å². The second kappa shape index (κ2) is 9.38. The number of benzene rings is 1. The van der Waals surface area contributed by atoms with Crippen LogP contribution in [0, 0.1) is 5.92 Å². The molecule has 2 aliphatic heterocycles. The van der Waals surface area contributed by atoms with Crippen molar-refractivity contribution in [2.24, 2.45) is 13.0 Å². The Labute approximate surface area is 214 Å². The number of nitrogens with zero attached hydrogens (tertiary/aromatic N) is 8. The first-order valence-corrected chi connectivity index (χ1v) is 12.9. The summed E-state index contributed by atoms with van der Waals surface area (Å²) in [5.74, 6) is 3.30. The minimum atomic E-state index is -0.964. The van der Waals surface area contributed by atoms with Gasteiger partial charge in [-0.15, -0.1) is 0 Å². The van der Waals surface area contributed by atoms with E-state index in [2.05, 4.69) is 22.5 Å². The van der Waals surface area contributed by atoms with Gasteiger partial charge in [0.15, 0.2) is 17.0 Å². The quantitative estimate of drug-likeness (QED) is 0.420. The molecule has 0 radical (unpaired) electrons. The molecular weight excluding hydrogens is 472 g/mol. The van der Waals surface area contributed by atoms with Gasteiger partial charge in [0.2, 0.25) is 5.95 Å². The maximum Gasteiger partial charge on any atom is 0.251 e. The number of likely N-dealkylation sites (tertiary alicyclic amines) is 1. The Hall–Kier alpha value is -3.57. The molecule has 11 heteroatoms. The average Bonchev–Trinajstić information content (AvgIpc) is 3.42. The minimum Gasteiger partial charge on any atom is -0.384 e. The fourth-order valence-corrected chi connectivity index (χ4v) is 5.30. The van der Waals surface area contributed by atoms with Gasteiger partial charge in [-0.1, -0.05) is 19.1 Å². The number of hydrogen-bond donors (Lipinski definition) is 1. The maximum atomic E-state index is 12.1. The van der Waals surface area contributed by atoms with Crippen LogP contribution in [0.15, 0.2) is 24.3 Å². The lowest BCUT2D eigenvalue weighted by molar-refractivity contribution is -0.145. The third-order valence-electron chi connectivity index (χ3n) is 7.34. The number of hydrogen-bond acceptors (Lipinski definition) is 8. The molecule has 2 saturated heterocycles. The maximum absolute atomic E-state index is 12.1. The second-order valence-corrected chi connectivity index (χ2v) is 9.90. The number of aryl methyl sites for hydroxylation is 2. The number of para-hydroxylation sites is 2. The first-order valence-electron chi connectivity index (χ1n) is 12.9. The van der Waals surface area contributed by atoms with Gasteiger partial charge in [0.25, 0.3) is 5.91 Å². The molecular formula is C26H32N8O3. The molecule has 0 bridgehead atoms. The van der Waals surface area contributed by atoms with Gasteiger partial charge < -0.3 is 24.2 Å². The molecule has 37 heavy (non-hydrogen) atoms. The zero-order chi connectivity index (χ0) is 25.7. The highest BCUT2D eigenvalue weighted by Crippen LogP contribution is 2.30. The SMILES string of the molecule is CCc1nc2ccccc2n1-c1nc(N2CCOCC2)c2nc(CC3CN(C(=O)C(C)O)C3)n(C)c2n1. The van der Waals surface area contributed by atoms with Crippen LogP contribution in [0.5, 0.6) is 0 Å². The summed E-state index contributed by atoms with van der Waals surface area (Å²) in [6.45, 7) is 7.61. The number of ether oxygens (including phenoxy) is 1. The first kappa shape index (κ1) is 23.8. The number of aliphatic hydroxyl groups excluding tert-OH is 1. The van der Waals surface area contributed by atoms with Crippen molar-refractivity contribution in [3.8, 4) is 5.95 Å². The van der Waals surface area contributed by atoms with Crippen molar-refractivity contribution >= 4 is 33.9 Å². The lowest BCUT2D eigenvalue weighted by atomic mass is 9.95. The highest BCUT2D eigenvalue weighted by atomic mass is 16.5. The minimum absolute atomic E-state index is 0.217. The van der Waals surface area contributed by atoms with E-state index in [1.54, 1.807) is 4.90 Å². The van der Waals surface area contributed by atoms with Crippen LogP contribution in [0.1, 0.15) is 25.5 Å². The number of fused-ring (bicyclic) bond motifs is 2. The molecule has 1 N–H and O–H groups in total. The van der Waals surface area contributed by atoms with Crippen molar-refractivity contribution in [3.05, 3.63) is 35.9 Å². The molecule has 11 nitrogen and oxygen atoms in total. The third-order valence-corrected chi connectivity index (χ3v) is 7.34. The monoisotopic (exact) mass is 504 g/mol. The van der Waals surface area contributed by atoms with Crippen molar-refractivity contribution in [2.75, 3.05) is 44.3 Å². The van der Waals surface area contributed by atoms with Crippen LogP contribution < -0.4 is 4.90 Å². The van der Waals surface area contributed by atoms with E-state index in [1.807, 2.05) is 29.8 Å². The lowest BCUT2D eigenvalue weighted by Crippen LogP contribution is -2.53. The molecule has 1 aromatic carbocycles. The Morgan fingerprint density at radius 3 is 2.59 bits per heavy atom. The van der Waals surface area contributed by atoms with Gasteiger partial charge in [-0.2, -0.15) is 9.97 Å². The van der Waals surface area contributed by atoms with Crippen LogP contribution in [0.25, 0.3) is 28.1 Å². The highest BCUT2D eigenvalue weighted by Gasteiger charge is 2.34. The van der Waals surface area contributed by atoms with E-state index in [0.717, 1.165) is 65.6 Å².